The molecule has 0 radical (unpaired) electrons. The summed E-state index contributed by atoms with van der Waals surface area (Å²) in [7, 11) is 1.72. The zero-order valence-electron chi connectivity index (χ0n) is 12.6. The summed E-state index contributed by atoms with van der Waals surface area (Å²) in [5.74, 6) is -0.0275. The average molecular weight is 368 g/mol. The molecule has 2 rings (SSSR count). The van der Waals surface area contributed by atoms with Gasteiger partial charge in [0.15, 0.2) is 5.11 Å². The first-order valence-corrected chi connectivity index (χ1v) is 7.90. The molecule has 0 unspecified atom stereocenters. The second-order valence-corrected chi connectivity index (χ2v) is 6.08. The summed E-state index contributed by atoms with van der Waals surface area (Å²) in [5.41, 5.74) is 2.28. The predicted molar refractivity (Wildman–Crippen MR) is 102 cm³/mol. The molecule has 0 bridgehead atoms. The highest BCUT2D eigenvalue weighted by Crippen LogP contribution is 2.25. The fourth-order valence-corrected chi connectivity index (χ4v) is 2.51. The van der Waals surface area contributed by atoms with E-state index in [-0.39, 0.29) is 5.91 Å². The molecule has 0 aliphatic carbocycles. The number of halogens is 2. The van der Waals surface area contributed by atoms with Crippen LogP contribution in [0.25, 0.3) is 0 Å². The summed E-state index contributed by atoms with van der Waals surface area (Å²) in [4.78, 5) is 12.9. The Labute approximate surface area is 150 Å². The van der Waals surface area contributed by atoms with Gasteiger partial charge in [-0.1, -0.05) is 23.2 Å². The van der Waals surface area contributed by atoms with Gasteiger partial charge in [0, 0.05) is 30.4 Å². The van der Waals surface area contributed by atoms with E-state index >= 15 is 0 Å². The molecule has 23 heavy (non-hydrogen) atoms. The lowest BCUT2D eigenvalue weighted by molar-refractivity contribution is -0.116. The van der Waals surface area contributed by atoms with Gasteiger partial charge in [-0.05, 0) is 54.7 Å². The SMILES string of the molecule is CC(=O)N(C)c1ccc(NC(=S)Nc2ccc(Cl)cc2Cl)cc1. The van der Waals surface area contributed by atoms with Gasteiger partial charge in [-0.3, -0.25) is 4.79 Å². The number of nitrogens with one attached hydrogen (secondary N) is 2. The number of thiocarbonyl (C=S) groups is 1. The summed E-state index contributed by atoms with van der Waals surface area (Å²) >= 11 is 17.2. The van der Waals surface area contributed by atoms with Crippen LogP contribution in [0.3, 0.4) is 0 Å². The van der Waals surface area contributed by atoms with Crippen molar-refractivity contribution >= 4 is 63.5 Å². The van der Waals surface area contributed by atoms with Gasteiger partial charge in [0.25, 0.3) is 0 Å². The number of hydrogen-bond acceptors (Lipinski definition) is 2. The summed E-state index contributed by atoms with van der Waals surface area (Å²) in [5, 5.41) is 7.51. The highest BCUT2D eigenvalue weighted by atomic mass is 35.5. The molecule has 1 amide bonds. The van der Waals surface area contributed by atoms with Crippen LogP contribution in [0, 0.1) is 0 Å². The molecule has 0 saturated carbocycles. The van der Waals surface area contributed by atoms with E-state index in [9.17, 15) is 4.79 Å². The Morgan fingerprint density at radius 3 is 2.30 bits per heavy atom. The second kappa shape index (κ2) is 7.64. The normalized spacial score (nSPS) is 10.1. The monoisotopic (exact) mass is 367 g/mol. The van der Waals surface area contributed by atoms with E-state index in [1.807, 2.05) is 24.3 Å². The van der Waals surface area contributed by atoms with Gasteiger partial charge < -0.3 is 15.5 Å². The van der Waals surface area contributed by atoms with Gasteiger partial charge in [0.1, 0.15) is 0 Å². The van der Waals surface area contributed by atoms with Crippen molar-refractivity contribution in [1.29, 1.82) is 0 Å². The average Bonchev–Trinajstić information content (AvgIpc) is 2.50. The van der Waals surface area contributed by atoms with Crippen LogP contribution in [0.4, 0.5) is 17.1 Å². The minimum atomic E-state index is -0.0275. The first-order chi connectivity index (χ1) is 10.9. The van der Waals surface area contributed by atoms with Crippen molar-refractivity contribution in [2.75, 3.05) is 22.6 Å². The summed E-state index contributed by atoms with van der Waals surface area (Å²) in [6.07, 6.45) is 0. The minimum absolute atomic E-state index is 0.0275. The van der Waals surface area contributed by atoms with Crippen molar-refractivity contribution in [1.82, 2.24) is 0 Å². The number of nitrogens with zero attached hydrogens (tertiary/aromatic N) is 1. The zero-order chi connectivity index (χ0) is 17.0. The molecule has 0 aliphatic rings. The highest BCUT2D eigenvalue weighted by molar-refractivity contribution is 7.80. The molecule has 120 valence electrons. The summed E-state index contributed by atoms with van der Waals surface area (Å²) < 4.78 is 0. The Kier molecular flexibility index (Phi) is 5.82. The van der Waals surface area contributed by atoms with E-state index in [1.165, 1.54) is 6.92 Å². The summed E-state index contributed by atoms with van der Waals surface area (Å²) in [6.45, 7) is 1.51. The topological polar surface area (TPSA) is 44.4 Å². The van der Waals surface area contributed by atoms with Crippen molar-refractivity contribution < 1.29 is 4.79 Å². The quantitative estimate of drug-likeness (QED) is 0.765. The van der Waals surface area contributed by atoms with Gasteiger partial charge in [-0.15, -0.1) is 0 Å². The van der Waals surface area contributed by atoms with Crippen molar-refractivity contribution in [3.05, 3.63) is 52.5 Å². The van der Waals surface area contributed by atoms with Gasteiger partial charge in [0.2, 0.25) is 5.91 Å². The predicted octanol–water partition coefficient (Wildman–Crippen LogP) is 4.79. The minimum Gasteiger partial charge on any atom is -0.332 e. The third-order valence-electron chi connectivity index (χ3n) is 3.16. The molecular formula is C16H15Cl2N3OS. The third kappa shape index (κ3) is 4.82. The molecule has 0 spiro atoms. The Bertz CT molecular complexity index is 735. The number of carbonyl (C=O) groups excluding carboxylic acids is 1. The number of carbonyl (C=O) groups is 1. The molecule has 0 atom stereocenters. The summed E-state index contributed by atoms with van der Waals surface area (Å²) in [6, 6.07) is 12.5. The van der Waals surface area contributed by atoms with Crippen molar-refractivity contribution in [3.8, 4) is 0 Å². The van der Waals surface area contributed by atoms with Crippen LogP contribution in [0.15, 0.2) is 42.5 Å². The van der Waals surface area contributed by atoms with Crippen LogP contribution in [0.5, 0.6) is 0 Å². The first kappa shape index (κ1) is 17.5. The standard InChI is InChI=1S/C16H15Cl2N3OS/c1-10(22)21(2)13-6-4-12(5-7-13)19-16(23)20-15-8-3-11(17)9-14(15)18/h3-9H,1-2H3,(H2,19,20,23). The maximum atomic E-state index is 11.3. The third-order valence-corrected chi connectivity index (χ3v) is 3.92. The lowest BCUT2D eigenvalue weighted by Crippen LogP contribution is -2.23. The maximum absolute atomic E-state index is 11.3. The maximum Gasteiger partial charge on any atom is 0.223 e. The van der Waals surface area contributed by atoms with Crippen LogP contribution < -0.4 is 15.5 Å². The molecule has 0 aromatic heterocycles. The first-order valence-electron chi connectivity index (χ1n) is 6.74. The van der Waals surface area contributed by atoms with E-state index in [0.29, 0.717) is 20.8 Å². The molecular weight excluding hydrogens is 353 g/mol. The van der Waals surface area contributed by atoms with Gasteiger partial charge in [-0.2, -0.15) is 0 Å². The lowest BCUT2D eigenvalue weighted by Gasteiger charge is -2.16. The number of hydrogen-bond donors (Lipinski definition) is 2. The van der Waals surface area contributed by atoms with Crippen LogP contribution in [0.2, 0.25) is 10.0 Å². The van der Waals surface area contributed by atoms with Crippen molar-refractivity contribution in [2.45, 2.75) is 6.92 Å². The fraction of sp³-hybridized carbons (Fsp3) is 0.125. The number of rotatable bonds is 3. The Balaban J connectivity index is 2.01. The molecule has 2 aromatic carbocycles. The molecule has 4 nitrogen and oxygen atoms in total. The van der Waals surface area contributed by atoms with Crippen LogP contribution >= 0.6 is 35.4 Å². The fourth-order valence-electron chi connectivity index (χ4n) is 1.83. The molecule has 0 saturated heterocycles. The van der Waals surface area contributed by atoms with E-state index in [4.69, 9.17) is 35.4 Å². The van der Waals surface area contributed by atoms with Gasteiger partial charge >= 0.3 is 0 Å². The Hall–Kier alpha value is -1.82. The largest absolute Gasteiger partial charge is 0.332 e. The van der Waals surface area contributed by atoms with Gasteiger partial charge in [-0.25, -0.2) is 0 Å². The van der Waals surface area contributed by atoms with Gasteiger partial charge in [0.05, 0.1) is 10.7 Å². The van der Waals surface area contributed by atoms with Crippen LogP contribution in [-0.2, 0) is 4.79 Å². The zero-order valence-corrected chi connectivity index (χ0v) is 14.9. The van der Waals surface area contributed by atoms with E-state index in [2.05, 4.69) is 10.6 Å². The van der Waals surface area contributed by atoms with E-state index in [1.54, 1.807) is 30.1 Å². The lowest BCUT2D eigenvalue weighted by atomic mass is 10.2. The number of anilines is 3. The Morgan fingerprint density at radius 2 is 1.74 bits per heavy atom. The Morgan fingerprint density at radius 1 is 1.09 bits per heavy atom. The van der Waals surface area contributed by atoms with Crippen LogP contribution in [0.1, 0.15) is 6.92 Å². The second-order valence-electron chi connectivity index (χ2n) is 4.83. The molecule has 2 N–H and O–H groups in total. The molecule has 2 aromatic rings. The molecule has 0 heterocycles. The van der Waals surface area contributed by atoms with Crippen molar-refractivity contribution in [3.63, 3.8) is 0 Å². The van der Waals surface area contributed by atoms with Crippen molar-refractivity contribution in [2.24, 2.45) is 0 Å². The number of benzene rings is 2. The smallest absolute Gasteiger partial charge is 0.223 e. The van der Waals surface area contributed by atoms with E-state index < -0.39 is 0 Å². The highest BCUT2D eigenvalue weighted by Gasteiger charge is 2.06. The van der Waals surface area contributed by atoms with E-state index in [0.717, 1.165) is 11.4 Å². The number of amides is 1. The molecule has 0 fully saturated rings. The van der Waals surface area contributed by atoms with Crippen LogP contribution in [-0.4, -0.2) is 18.1 Å². The molecule has 0 aliphatic heterocycles. The molecule has 7 heteroatoms.